The molecular formula is C11H15NO2S2. The first kappa shape index (κ1) is 12.1. The zero-order chi connectivity index (χ0) is 11.4. The van der Waals surface area contributed by atoms with Gasteiger partial charge in [-0.1, -0.05) is 0 Å². The van der Waals surface area contributed by atoms with E-state index in [1.807, 2.05) is 29.6 Å². The van der Waals surface area contributed by atoms with Gasteiger partial charge in [-0.2, -0.15) is 23.5 Å². The molecule has 0 aliphatic carbocycles. The summed E-state index contributed by atoms with van der Waals surface area (Å²) in [6.07, 6.45) is 2.92. The number of aromatic nitrogens is 1. The molecule has 3 nitrogen and oxygen atoms in total. The molecule has 1 N–H and O–H groups in total. The summed E-state index contributed by atoms with van der Waals surface area (Å²) in [5.41, 5.74) is 0.847. The Morgan fingerprint density at radius 1 is 1.50 bits per heavy atom. The summed E-state index contributed by atoms with van der Waals surface area (Å²) in [6.45, 7) is 0. The van der Waals surface area contributed by atoms with Gasteiger partial charge in [-0.15, -0.1) is 0 Å². The van der Waals surface area contributed by atoms with E-state index in [1.54, 1.807) is 19.5 Å². The number of aliphatic hydroxyl groups is 1. The third-order valence-corrected chi connectivity index (χ3v) is 5.35. The predicted octanol–water partition coefficient (Wildman–Crippen LogP) is 1.97. The van der Waals surface area contributed by atoms with E-state index in [-0.39, 0.29) is 5.25 Å². The predicted molar refractivity (Wildman–Crippen MR) is 69.3 cm³/mol. The molecule has 0 spiro atoms. The largest absolute Gasteiger partial charge is 0.495 e. The van der Waals surface area contributed by atoms with Crippen LogP contribution in [0.2, 0.25) is 0 Å². The SMILES string of the molecule is COc1cncc(C(O)C2CSCCS2)c1. The average molecular weight is 257 g/mol. The molecule has 2 rings (SSSR count). The van der Waals surface area contributed by atoms with Crippen molar-refractivity contribution in [2.24, 2.45) is 0 Å². The molecule has 5 heteroatoms. The van der Waals surface area contributed by atoms with Gasteiger partial charge < -0.3 is 9.84 Å². The van der Waals surface area contributed by atoms with Gasteiger partial charge in [-0.05, 0) is 6.07 Å². The van der Waals surface area contributed by atoms with Gasteiger partial charge in [0.15, 0.2) is 0 Å². The van der Waals surface area contributed by atoms with E-state index >= 15 is 0 Å². The van der Waals surface area contributed by atoms with Crippen molar-refractivity contribution < 1.29 is 9.84 Å². The van der Waals surface area contributed by atoms with Gasteiger partial charge in [-0.3, -0.25) is 4.98 Å². The summed E-state index contributed by atoms with van der Waals surface area (Å²) in [6, 6.07) is 1.86. The topological polar surface area (TPSA) is 42.4 Å². The fraction of sp³-hybridized carbons (Fsp3) is 0.545. The highest BCUT2D eigenvalue weighted by Gasteiger charge is 2.24. The zero-order valence-electron chi connectivity index (χ0n) is 9.13. The zero-order valence-corrected chi connectivity index (χ0v) is 10.8. The molecule has 88 valence electrons. The lowest BCUT2D eigenvalue weighted by Crippen LogP contribution is -2.22. The van der Waals surface area contributed by atoms with Gasteiger partial charge in [0.2, 0.25) is 0 Å². The average Bonchev–Trinajstić information content (AvgIpc) is 2.39. The van der Waals surface area contributed by atoms with Crippen molar-refractivity contribution in [2.75, 3.05) is 24.4 Å². The summed E-state index contributed by atoms with van der Waals surface area (Å²) < 4.78 is 5.11. The number of ether oxygens (including phenoxy) is 1. The fourth-order valence-electron chi connectivity index (χ4n) is 1.61. The normalized spacial score (nSPS) is 22.8. The number of methoxy groups -OCH3 is 1. The Morgan fingerprint density at radius 3 is 3.06 bits per heavy atom. The number of aliphatic hydroxyl groups excluding tert-OH is 1. The van der Waals surface area contributed by atoms with Gasteiger partial charge in [0.1, 0.15) is 5.75 Å². The van der Waals surface area contributed by atoms with Crippen molar-refractivity contribution in [3.05, 3.63) is 24.0 Å². The molecule has 1 aliphatic rings. The lowest BCUT2D eigenvalue weighted by atomic mass is 10.1. The van der Waals surface area contributed by atoms with E-state index in [4.69, 9.17) is 4.74 Å². The first-order chi connectivity index (χ1) is 7.81. The van der Waals surface area contributed by atoms with Crippen molar-refractivity contribution in [1.29, 1.82) is 0 Å². The Balaban J connectivity index is 2.09. The lowest BCUT2D eigenvalue weighted by molar-refractivity contribution is 0.179. The van der Waals surface area contributed by atoms with Gasteiger partial charge >= 0.3 is 0 Å². The van der Waals surface area contributed by atoms with E-state index in [2.05, 4.69) is 4.98 Å². The third kappa shape index (κ3) is 2.84. The second kappa shape index (κ2) is 5.80. The van der Waals surface area contributed by atoms with Crippen LogP contribution in [0.25, 0.3) is 0 Å². The monoisotopic (exact) mass is 257 g/mol. The maximum absolute atomic E-state index is 10.2. The van der Waals surface area contributed by atoms with Crippen LogP contribution in [0, 0.1) is 0 Å². The van der Waals surface area contributed by atoms with E-state index in [0.29, 0.717) is 5.75 Å². The lowest BCUT2D eigenvalue weighted by Gasteiger charge is -2.25. The molecule has 2 heterocycles. The van der Waals surface area contributed by atoms with Crippen LogP contribution in [0.3, 0.4) is 0 Å². The summed E-state index contributed by atoms with van der Waals surface area (Å²) >= 11 is 3.74. The number of pyridine rings is 1. The number of hydrogen-bond acceptors (Lipinski definition) is 5. The summed E-state index contributed by atoms with van der Waals surface area (Å²) in [4.78, 5) is 4.07. The first-order valence-corrected chi connectivity index (χ1v) is 7.38. The van der Waals surface area contributed by atoms with Crippen LogP contribution >= 0.6 is 23.5 Å². The van der Waals surface area contributed by atoms with Crippen molar-refractivity contribution in [2.45, 2.75) is 11.4 Å². The Morgan fingerprint density at radius 2 is 2.38 bits per heavy atom. The molecule has 1 saturated heterocycles. The second-order valence-corrected chi connectivity index (χ2v) is 6.08. The molecule has 0 bridgehead atoms. The Kier molecular flexibility index (Phi) is 4.37. The molecule has 16 heavy (non-hydrogen) atoms. The van der Waals surface area contributed by atoms with Crippen molar-refractivity contribution in [1.82, 2.24) is 4.98 Å². The quantitative estimate of drug-likeness (QED) is 0.896. The number of nitrogens with zero attached hydrogens (tertiary/aromatic N) is 1. The van der Waals surface area contributed by atoms with Crippen LogP contribution in [-0.2, 0) is 0 Å². The minimum atomic E-state index is -0.444. The Labute approximate surface area is 104 Å². The molecule has 1 aromatic heterocycles. The molecule has 2 unspecified atom stereocenters. The molecule has 0 radical (unpaired) electrons. The van der Waals surface area contributed by atoms with Crippen molar-refractivity contribution in [3.8, 4) is 5.75 Å². The number of thioether (sulfide) groups is 2. The maximum atomic E-state index is 10.2. The third-order valence-electron chi connectivity index (χ3n) is 2.51. The van der Waals surface area contributed by atoms with Crippen LogP contribution in [0.5, 0.6) is 5.75 Å². The Bertz CT molecular complexity index is 343. The number of rotatable bonds is 3. The molecule has 0 aromatic carbocycles. The molecule has 1 aliphatic heterocycles. The summed E-state index contributed by atoms with van der Waals surface area (Å²) in [5.74, 6) is 4.00. The van der Waals surface area contributed by atoms with Crippen molar-refractivity contribution >= 4 is 23.5 Å². The first-order valence-electron chi connectivity index (χ1n) is 5.17. The van der Waals surface area contributed by atoms with Gasteiger partial charge in [0, 0.05) is 34.3 Å². The van der Waals surface area contributed by atoms with Crippen LogP contribution in [0.4, 0.5) is 0 Å². The van der Waals surface area contributed by atoms with E-state index in [0.717, 1.165) is 17.1 Å². The fourth-order valence-corrected chi connectivity index (χ4v) is 4.37. The van der Waals surface area contributed by atoms with E-state index < -0.39 is 6.10 Å². The maximum Gasteiger partial charge on any atom is 0.137 e. The molecule has 1 aromatic rings. The van der Waals surface area contributed by atoms with Gasteiger partial charge in [0.05, 0.1) is 19.4 Å². The van der Waals surface area contributed by atoms with Crippen LogP contribution < -0.4 is 4.74 Å². The summed E-state index contributed by atoms with van der Waals surface area (Å²) in [5, 5.41) is 10.5. The Hall–Kier alpha value is -0.390. The van der Waals surface area contributed by atoms with E-state index in [9.17, 15) is 5.11 Å². The van der Waals surface area contributed by atoms with Crippen LogP contribution in [0.1, 0.15) is 11.7 Å². The van der Waals surface area contributed by atoms with Crippen molar-refractivity contribution in [3.63, 3.8) is 0 Å². The summed E-state index contributed by atoms with van der Waals surface area (Å²) in [7, 11) is 1.61. The van der Waals surface area contributed by atoms with Crippen LogP contribution in [0.15, 0.2) is 18.5 Å². The highest BCUT2D eigenvalue weighted by Crippen LogP contribution is 2.33. The van der Waals surface area contributed by atoms with Crippen LogP contribution in [-0.4, -0.2) is 39.7 Å². The molecule has 0 saturated carbocycles. The molecule has 1 fully saturated rings. The number of hydrogen-bond donors (Lipinski definition) is 1. The second-order valence-electron chi connectivity index (χ2n) is 3.59. The standard InChI is InChI=1S/C11H15NO2S2/c1-14-9-4-8(5-12-6-9)11(13)10-7-15-2-3-16-10/h4-6,10-11,13H,2-3,7H2,1H3. The van der Waals surface area contributed by atoms with Gasteiger partial charge in [0.25, 0.3) is 0 Å². The highest BCUT2D eigenvalue weighted by atomic mass is 32.2. The molecule has 2 atom stereocenters. The molecular weight excluding hydrogens is 242 g/mol. The minimum Gasteiger partial charge on any atom is -0.495 e. The highest BCUT2D eigenvalue weighted by molar-refractivity contribution is 8.06. The van der Waals surface area contributed by atoms with E-state index in [1.165, 1.54) is 5.75 Å². The minimum absolute atomic E-state index is 0.271. The smallest absolute Gasteiger partial charge is 0.137 e. The van der Waals surface area contributed by atoms with Gasteiger partial charge in [-0.25, -0.2) is 0 Å². The molecule has 0 amide bonds.